The van der Waals surface area contributed by atoms with Crippen LogP contribution in [0.5, 0.6) is 5.75 Å². The minimum absolute atomic E-state index is 0.389. The zero-order chi connectivity index (χ0) is 17.9. The van der Waals surface area contributed by atoms with E-state index >= 15 is 0 Å². The fourth-order valence-corrected chi connectivity index (χ4v) is 3.39. The molecule has 0 saturated carbocycles. The molecule has 0 saturated heterocycles. The molecule has 130 valence electrons. The predicted octanol–water partition coefficient (Wildman–Crippen LogP) is 4.21. The van der Waals surface area contributed by atoms with Crippen LogP contribution < -0.4 is 9.64 Å². The first-order valence-electron chi connectivity index (χ1n) is 8.61. The zero-order valence-electron chi connectivity index (χ0n) is 14.6. The van der Waals surface area contributed by atoms with Crippen molar-refractivity contribution in [3.8, 4) is 5.75 Å². The number of ether oxygens (including phenoxy) is 1. The van der Waals surface area contributed by atoms with Gasteiger partial charge in [-0.15, -0.1) is 0 Å². The van der Waals surface area contributed by atoms with Crippen molar-refractivity contribution in [2.24, 2.45) is 0 Å². The minimum atomic E-state index is -0.389. The van der Waals surface area contributed by atoms with E-state index in [1.165, 1.54) is 0 Å². The van der Waals surface area contributed by atoms with Gasteiger partial charge in [0.05, 0.1) is 7.11 Å². The van der Waals surface area contributed by atoms with E-state index in [0.29, 0.717) is 6.54 Å². The summed E-state index contributed by atoms with van der Waals surface area (Å²) in [4.78, 5) is 2.13. The molecule has 0 bridgehead atoms. The van der Waals surface area contributed by atoms with Crippen LogP contribution in [0.2, 0.25) is 0 Å². The number of hydrogen-bond acceptors (Lipinski definition) is 3. The van der Waals surface area contributed by atoms with Crippen LogP contribution in [0.4, 0.5) is 5.69 Å². The van der Waals surface area contributed by atoms with Gasteiger partial charge in [0.2, 0.25) is 5.71 Å². The second-order valence-electron chi connectivity index (χ2n) is 6.25. The van der Waals surface area contributed by atoms with Crippen molar-refractivity contribution in [3.63, 3.8) is 0 Å². The molecule has 4 nitrogen and oxygen atoms in total. The second-order valence-corrected chi connectivity index (χ2v) is 6.25. The monoisotopic (exact) mass is 344 g/mol. The molecule has 3 aromatic rings. The van der Waals surface area contributed by atoms with Crippen molar-refractivity contribution in [1.29, 1.82) is 0 Å². The number of benzene rings is 3. The van der Waals surface area contributed by atoms with Crippen LogP contribution in [0.25, 0.3) is 0 Å². The van der Waals surface area contributed by atoms with Crippen LogP contribution in [0.3, 0.4) is 0 Å². The molecule has 1 aliphatic rings. The highest BCUT2D eigenvalue weighted by Crippen LogP contribution is 2.33. The fourth-order valence-electron chi connectivity index (χ4n) is 3.39. The van der Waals surface area contributed by atoms with E-state index in [4.69, 9.17) is 4.74 Å². The van der Waals surface area contributed by atoms with E-state index in [1.807, 2.05) is 84.9 Å². The Kier molecular flexibility index (Phi) is 4.32. The molecule has 0 N–H and O–H groups in total. The maximum Gasteiger partial charge on any atom is 0.266 e. The van der Waals surface area contributed by atoms with Gasteiger partial charge >= 0.3 is 0 Å². The Labute approximate surface area is 153 Å². The minimum Gasteiger partial charge on any atom is -0.622 e. The van der Waals surface area contributed by atoms with Gasteiger partial charge < -0.3 is 9.94 Å². The first-order valence-corrected chi connectivity index (χ1v) is 8.61. The average molecular weight is 344 g/mol. The van der Waals surface area contributed by atoms with Crippen LogP contribution in [0.15, 0.2) is 84.9 Å². The average Bonchev–Trinajstić information content (AvgIpc) is 3.06. The molecule has 4 heteroatoms. The highest BCUT2D eigenvalue weighted by Gasteiger charge is 2.38. The molecule has 0 radical (unpaired) electrons. The molecule has 0 spiro atoms. The number of hydroxylamine groups is 1. The van der Waals surface area contributed by atoms with E-state index in [-0.39, 0.29) is 6.17 Å². The molecule has 4 rings (SSSR count). The van der Waals surface area contributed by atoms with Gasteiger partial charge in [-0.05, 0) is 36.4 Å². The summed E-state index contributed by atoms with van der Waals surface area (Å²) in [6.07, 6.45) is -0.389. The Bertz CT molecular complexity index is 906. The van der Waals surface area contributed by atoms with E-state index in [2.05, 4.69) is 4.90 Å². The van der Waals surface area contributed by atoms with Crippen molar-refractivity contribution in [2.45, 2.75) is 6.17 Å². The molecule has 3 aromatic carbocycles. The SMILES string of the molecule is COc1ccc(N2CC(c3ccccc3)=[N+]([O-])[C@H]2c2ccccc2)cc1. The molecule has 26 heavy (non-hydrogen) atoms. The molecule has 0 fully saturated rings. The van der Waals surface area contributed by atoms with Gasteiger partial charge in [0.25, 0.3) is 6.17 Å². The van der Waals surface area contributed by atoms with Gasteiger partial charge in [-0.2, -0.15) is 4.74 Å². The third-order valence-electron chi connectivity index (χ3n) is 4.71. The summed E-state index contributed by atoms with van der Waals surface area (Å²) in [7, 11) is 1.65. The first kappa shape index (κ1) is 16.2. The van der Waals surface area contributed by atoms with Crippen molar-refractivity contribution >= 4 is 11.4 Å². The van der Waals surface area contributed by atoms with Crippen molar-refractivity contribution in [2.75, 3.05) is 18.6 Å². The third kappa shape index (κ3) is 2.90. The number of anilines is 1. The van der Waals surface area contributed by atoms with Gasteiger partial charge in [-0.3, -0.25) is 4.90 Å². The molecule has 1 heterocycles. The third-order valence-corrected chi connectivity index (χ3v) is 4.71. The van der Waals surface area contributed by atoms with E-state index in [0.717, 1.165) is 33.0 Å². The summed E-state index contributed by atoms with van der Waals surface area (Å²) in [6.45, 7) is 0.555. The number of hydrogen-bond donors (Lipinski definition) is 0. The molecule has 0 aromatic heterocycles. The molecular weight excluding hydrogens is 324 g/mol. The topological polar surface area (TPSA) is 38.5 Å². The summed E-state index contributed by atoms with van der Waals surface area (Å²) in [6, 6.07) is 27.6. The van der Waals surface area contributed by atoms with Crippen molar-refractivity contribution in [1.82, 2.24) is 0 Å². The highest BCUT2D eigenvalue weighted by molar-refractivity contribution is 6.01. The predicted molar refractivity (Wildman–Crippen MR) is 104 cm³/mol. The number of nitrogens with zero attached hydrogens (tertiary/aromatic N) is 2. The lowest BCUT2D eigenvalue weighted by Gasteiger charge is -2.24. The number of methoxy groups -OCH3 is 1. The van der Waals surface area contributed by atoms with Gasteiger partial charge in [0.15, 0.2) is 0 Å². The highest BCUT2D eigenvalue weighted by atomic mass is 16.5. The molecule has 0 aliphatic carbocycles. The van der Waals surface area contributed by atoms with Crippen molar-refractivity contribution in [3.05, 3.63) is 101 Å². The maximum absolute atomic E-state index is 13.2. The van der Waals surface area contributed by atoms with Crippen LogP contribution in [0, 0.1) is 5.21 Å². The standard InChI is InChI=1S/C22H20N2O2/c1-26-20-14-12-19(13-15-20)23-16-21(17-8-4-2-5-9-17)24(25)22(23)18-10-6-3-7-11-18/h2-15,22H,16H2,1H3/t22-/m0/s1. The molecule has 0 unspecified atom stereocenters. The molecule has 1 atom stereocenters. The number of rotatable bonds is 4. The van der Waals surface area contributed by atoms with E-state index < -0.39 is 0 Å². The lowest BCUT2D eigenvalue weighted by atomic mass is 10.1. The summed E-state index contributed by atoms with van der Waals surface area (Å²) in [5.41, 5.74) is 3.70. The van der Waals surface area contributed by atoms with Crippen LogP contribution in [-0.4, -0.2) is 24.1 Å². The smallest absolute Gasteiger partial charge is 0.266 e. The molecule has 1 aliphatic heterocycles. The van der Waals surface area contributed by atoms with E-state index in [1.54, 1.807) is 7.11 Å². The Hall–Kier alpha value is -3.27. The largest absolute Gasteiger partial charge is 0.622 e. The first-order chi connectivity index (χ1) is 12.8. The van der Waals surface area contributed by atoms with Gasteiger partial charge in [0.1, 0.15) is 12.3 Å². The summed E-state index contributed by atoms with van der Waals surface area (Å²) in [5.74, 6) is 0.801. The van der Waals surface area contributed by atoms with Crippen LogP contribution in [0.1, 0.15) is 17.3 Å². The zero-order valence-corrected chi connectivity index (χ0v) is 14.6. The van der Waals surface area contributed by atoms with E-state index in [9.17, 15) is 5.21 Å². The molecule has 0 amide bonds. The van der Waals surface area contributed by atoms with Gasteiger partial charge in [-0.1, -0.05) is 48.5 Å². The second kappa shape index (κ2) is 6.92. The quantitative estimate of drug-likeness (QED) is 0.525. The fraction of sp³-hybridized carbons (Fsp3) is 0.136. The maximum atomic E-state index is 13.2. The van der Waals surface area contributed by atoms with Crippen molar-refractivity contribution < 1.29 is 9.48 Å². The Morgan fingerprint density at radius 3 is 2.12 bits per heavy atom. The Morgan fingerprint density at radius 1 is 0.885 bits per heavy atom. The summed E-state index contributed by atoms with van der Waals surface area (Å²) in [5, 5.41) is 13.2. The lowest BCUT2D eigenvalue weighted by Crippen LogP contribution is -2.28. The molecular formula is C22H20N2O2. The summed E-state index contributed by atoms with van der Waals surface area (Å²) >= 11 is 0. The van der Waals surface area contributed by atoms with Crippen LogP contribution >= 0.6 is 0 Å². The Morgan fingerprint density at radius 2 is 1.50 bits per heavy atom. The lowest BCUT2D eigenvalue weighted by molar-refractivity contribution is -0.497. The normalized spacial score (nSPS) is 16.8. The Balaban J connectivity index is 1.78. The van der Waals surface area contributed by atoms with Gasteiger partial charge in [-0.25, -0.2) is 0 Å². The summed E-state index contributed by atoms with van der Waals surface area (Å²) < 4.78 is 6.39. The van der Waals surface area contributed by atoms with Gasteiger partial charge in [0, 0.05) is 16.8 Å². The van der Waals surface area contributed by atoms with Crippen LogP contribution in [-0.2, 0) is 0 Å².